The number of nitrogens with zero attached hydrogens (tertiary/aromatic N) is 1. The van der Waals surface area contributed by atoms with Crippen molar-refractivity contribution in [1.82, 2.24) is 4.98 Å². The van der Waals surface area contributed by atoms with Gasteiger partial charge in [-0.25, -0.2) is 0 Å². The molecule has 0 aliphatic carbocycles. The van der Waals surface area contributed by atoms with Crippen LogP contribution in [0.1, 0.15) is 50.5 Å². The Labute approximate surface area is 120 Å². The lowest BCUT2D eigenvalue weighted by Crippen LogP contribution is -1.98. The summed E-state index contributed by atoms with van der Waals surface area (Å²) in [4.78, 5) is 4.19. The molecule has 0 saturated carbocycles. The number of aromatic nitrogens is 1. The zero-order valence-electron chi connectivity index (χ0n) is 12.2. The summed E-state index contributed by atoms with van der Waals surface area (Å²) in [6.07, 6.45) is 2.16. The van der Waals surface area contributed by atoms with E-state index in [1.165, 1.54) is 5.56 Å². The number of benzene rings is 1. The van der Waals surface area contributed by atoms with Crippen molar-refractivity contribution in [3.05, 3.63) is 53.9 Å². The maximum absolute atomic E-state index is 9.45. The Kier molecular flexibility index (Phi) is 4.74. The van der Waals surface area contributed by atoms with E-state index in [0.29, 0.717) is 17.4 Å². The second-order valence-electron chi connectivity index (χ2n) is 5.04. The average molecular weight is 271 g/mol. The topological polar surface area (TPSA) is 42.4 Å². The van der Waals surface area contributed by atoms with E-state index in [0.717, 1.165) is 12.2 Å². The van der Waals surface area contributed by atoms with Crippen LogP contribution in [0.5, 0.6) is 11.5 Å². The van der Waals surface area contributed by atoms with Crippen molar-refractivity contribution >= 4 is 0 Å². The van der Waals surface area contributed by atoms with Crippen molar-refractivity contribution in [2.75, 3.05) is 0 Å². The van der Waals surface area contributed by atoms with Crippen molar-refractivity contribution in [3.8, 4) is 11.5 Å². The third kappa shape index (κ3) is 3.36. The summed E-state index contributed by atoms with van der Waals surface area (Å²) in [6, 6.07) is 11.7. The first-order chi connectivity index (χ1) is 9.61. The largest absolute Gasteiger partial charge is 0.455 e. The van der Waals surface area contributed by atoms with E-state index in [4.69, 9.17) is 4.74 Å². The van der Waals surface area contributed by atoms with Crippen LogP contribution in [0.4, 0.5) is 0 Å². The first kappa shape index (κ1) is 14.5. The average Bonchev–Trinajstić information content (AvgIpc) is 2.47. The van der Waals surface area contributed by atoms with E-state index in [-0.39, 0.29) is 0 Å². The second-order valence-corrected chi connectivity index (χ2v) is 5.04. The van der Waals surface area contributed by atoms with Gasteiger partial charge in [0.1, 0.15) is 11.5 Å². The van der Waals surface area contributed by atoms with Crippen LogP contribution < -0.4 is 4.74 Å². The Bertz CT molecular complexity index is 549. The SMILES string of the molecule is CCC(C)c1ccccc1Oc1ccc([C@@H](C)O)nc1. The van der Waals surface area contributed by atoms with Gasteiger partial charge in [-0.15, -0.1) is 0 Å². The Morgan fingerprint density at radius 1 is 1.15 bits per heavy atom. The molecule has 2 atom stereocenters. The highest BCUT2D eigenvalue weighted by Gasteiger charge is 2.10. The molecule has 1 aromatic carbocycles. The third-order valence-electron chi connectivity index (χ3n) is 3.48. The lowest BCUT2D eigenvalue weighted by atomic mass is 9.98. The molecule has 3 heteroatoms. The second kappa shape index (κ2) is 6.53. The Morgan fingerprint density at radius 2 is 1.90 bits per heavy atom. The molecule has 20 heavy (non-hydrogen) atoms. The van der Waals surface area contributed by atoms with Crippen LogP contribution >= 0.6 is 0 Å². The van der Waals surface area contributed by atoms with Crippen molar-refractivity contribution in [2.24, 2.45) is 0 Å². The third-order valence-corrected chi connectivity index (χ3v) is 3.48. The maximum Gasteiger partial charge on any atom is 0.145 e. The Morgan fingerprint density at radius 3 is 2.50 bits per heavy atom. The normalized spacial score (nSPS) is 13.8. The first-order valence-corrected chi connectivity index (χ1v) is 7.02. The zero-order chi connectivity index (χ0) is 14.5. The van der Waals surface area contributed by atoms with Crippen LogP contribution in [0.25, 0.3) is 0 Å². The van der Waals surface area contributed by atoms with Gasteiger partial charge in [0.15, 0.2) is 0 Å². The fraction of sp³-hybridized carbons (Fsp3) is 0.353. The summed E-state index contributed by atoms with van der Waals surface area (Å²) in [5.74, 6) is 2.01. The number of hydrogen-bond donors (Lipinski definition) is 1. The van der Waals surface area contributed by atoms with Crippen LogP contribution in [0.3, 0.4) is 0 Å². The summed E-state index contributed by atoms with van der Waals surface area (Å²) >= 11 is 0. The fourth-order valence-corrected chi connectivity index (χ4v) is 2.03. The number of aliphatic hydroxyl groups is 1. The number of rotatable bonds is 5. The molecule has 2 aromatic rings. The Hall–Kier alpha value is -1.87. The molecule has 0 radical (unpaired) electrons. The van der Waals surface area contributed by atoms with Crippen LogP contribution in [0, 0.1) is 0 Å². The summed E-state index contributed by atoms with van der Waals surface area (Å²) in [5.41, 5.74) is 1.85. The monoisotopic (exact) mass is 271 g/mol. The highest BCUT2D eigenvalue weighted by molar-refractivity contribution is 5.39. The maximum atomic E-state index is 9.45. The van der Waals surface area contributed by atoms with E-state index in [9.17, 15) is 5.11 Å². The summed E-state index contributed by atoms with van der Waals surface area (Å²) in [6.45, 7) is 6.05. The van der Waals surface area contributed by atoms with Crippen LogP contribution in [-0.4, -0.2) is 10.1 Å². The van der Waals surface area contributed by atoms with E-state index in [1.54, 1.807) is 19.2 Å². The van der Waals surface area contributed by atoms with Gasteiger partial charge in [0.2, 0.25) is 0 Å². The zero-order valence-corrected chi connectivity index (χ0v) is 12.2. The molecule has 0 amide bonds. The van der Waals surface area contributed by atoms with Crippen LogP contribution in [0.15, 0.2) is 42.6 Å². The van der Waals surface area contributed by atoms with Crippen molar-refractivity contribution < 1.29 is 9.84 Å². The quantitative estimate of drug-likeness (QED) is 0.874. The number of ether oxygens (including phenoxy) is 1. The molecule has 0 bridgehead atoms. The van der Waals surface area contributed by atoms with Gasteiger partial charge in [-0.3, -0.25) is 4.98 Å². The number of pyridine rings is 1. The number of para-hydroxylation sites is 1. The summed E-state index contributed by atoms with van der Waals surface area (Å²) in [5, 5.41) is 9.45. The Balaban J connectivity index is 2.21. The molecule has 1 N–H and O–H groups in total. The van der Waals surface area contributed by atoms with Crippen molar-refractivity contribution in [2.45, 2.75) is 39.2 Å². The highest BCUT2D eigenvalue weighted by atomic mass is 16.5. The van der Waals surface area contributed by atoms with E-state index >= 15 is 0 Å². The summed E-state index contributed by atoms with van der Waals surface area (Å²) < 4.78 is 5.92. The number of hydrogen-bond acceptors (Lipinski definition) is 3. The molecule has 1 aromatic heterocycles. The minimum atomic E-state index is -0.559. The lowest BCUT2D eigenvalue weighted by molar-refractivity contribution is 0.194. The molecule has 2 rings (SSSR count). The molecule has 0 saturated heterocycles. The molecule has 1 heterocycles. The van der Waals surface area contributed by atoms with Gasteiger partial charge in [0.25, 0.3) is 0 Å². The predicted molar refractivity (Wildman–Crippen MR) is 80.1 cm³/mol. The molecule has 0 fully saturated rings. The van der Waals surface area contributed by atoms with Gasteiger partial charge in [-0.2, -0.15) is 0 Å². The smallest absolute Gasteiger partial charge is 0.145 e. The lowest BCUT2D eigenvalue weighted by Gasteiger charge is -2.15. The predicted octanol–water partition coefficient (Wildman–Crippen LogP) is 4.44. The van der Waals surface area contributed by atoms with E-state index in [2.05, 4.69) is 24.9 Å². The molecule has 106 valence electrons. The molecule has 0 aliphatic heterocycles. The first-order valence-electron chi connectivity index (χ1n) is 7.02. The van der Waals surface area contributed by atoms with E-state index in [1.807, 2.05) is 24.3 Å². The molecular formula is C17H21NO2. The van der Waals surface area contributed by atoms with Crippen LogP contribution in [0.2, 0.25) is 0 Å². The van der Waals surface area contributed by atoms with Gasteiger partial charge in [-0.05, 0) is 43.0 Å². The fourth-order valence-electron chi connectivity index (χ4n) is 2.03. The highest BCUT2D eigenvalue weighted by Crippen LogP contribution is 2.31. The molecule has 1 unspecified atom stereocenters. The molecular weight excluding hydrogens is 250 g/mol. The van der Waals surface area contributed by atoms with Crippen molar-refractivity contribution in [1.29, 1.82) is 0 Å². The van der Waals surface area contributed by atoms with Gasteiger partial charge < -0.3 is 9.84 Å². The van der Waals surface area contributed by atoms with Gasteiger partial charge >= 0.3 is 0 Å². The summed E-state index contributed by atoms with van der Waals surface area (Å²) in [7, 11) is 0. The minimum Gasteiger partial charge on any atom is -0.455 e. The van der Waals surface area contributed by atoms with Gasteiger partial charge in [0.05, 0.1) is 18.0 Å². The number of aliphatic hydroxyl groups excluding tert-OH is 1. The minimum absolute atomic E-state index is 0.455. The van der Waals surface area contributed by atoms with Crippen molar-refractivity contribution in [3.63, 3.8) is 0 Å². The standard InChI is InChI=1S/C17H21NO2/c1-4-12(2)15-7-5-6-8-17(15)20-14-9-10-16(13(3)19)18-11-14/h5-13,19H,4H2,1-3H3/t12?,13-/m1/s1. The van der Waals surface area contributed by atoms with Gasteiger partial charge in [0, 0.05) is 0 Å². The van der Waals surface area contributed by atoms with Gasteiger partial charge in [-0.1, -0.05) is 32.0 Å². The molecule has 3 nitrogen and oxygen atoms in total. The van der Waals surface area contributed by atoms with E-state index < -0.39 is 6.10 Å². The molecule has 0 aliphatic rings. The van der Waals surface area contributed by atoms with Crippen LogP contribution in [-0.2, 0) is 0 Å². The molecule has 0 spiro atoms.